The number of hydrogen-bond acceptors (Lipinski definition) is 3. The molecule has 1 rings (SSSR count). The molecule has 3 nitrogen and oxygen atoms in total. The lowest BCUT2D eigenvalue weighted by Gasteiger charge is -2.33. The summed E-state index contributed by atoms with van der Waals surface area (Å²) in [6.45, 7) is 4.04. The van der Waals surface area contributed by atoms with Crippen LogP contribution in [0.5, 0.6) is 0 Å². The quantitative estimate of drug-likeness (QED) is 0.750. The molecule has 1 atom stereocenters. The van der Waals surface area contributed by atoms with Crippen molar-refractivity contribution in [3.8, 4) is 0 Å². The number of rotatable bonds is 6. The first-order valence-electron chi connectivity index (χ1n) is 6.31. The standard InChI is InChI=1S/C12H22F3NO2/c1-11(2,17)10-5-3-6-16(10)7-4-8-18-9-12(13,14)15/h10,17H,3-9H2,1-2H3. The topological polar surface area (TPSA) is 32.7 Å². The van der Waals surface area contributed by atoms with E-state index in [9.17, 15) is 18.3 Å². The Morgan fingerprint density at radius 3 is 2.56 bits per heavy atom. The largest absolute Gasteiger partial charge is 0.411 e. The van der Waals surface area contributed by atoms with E-state index in [0.29, 0.717) is 13.0 Å². The Balaban J connectivity index is 2.19. The summed E-state index contributed by atoms with van der Waals surface area (Å²) in [6.07, 6.45) is -1.73. The molecule has 6 heteroatoms. The van der Waals surface area contributed by atoms with E-state index >= 15 is 0 Å². The van der Waals surface area contributed by atoms with E-state index in [1.165, 1.54) is 0 Å². The molecule has 1 N–H and O–H groups in total. The molecule has 18 heavy (non-hydrogen) atoms. The Morgan fingerprint density at radius 2 is 2.00 bits per heavy atom. The normalized spacial score (nSPS) is 22.7. The average Bonchev–Trinajstić information content (AvgIpc) is 2.62. The van der Waals surface area contributed by atoms with Crippen LogP contribution in [-0.4, -0.2) is 54.1 Å². The summed E-state index contributed by atoms with van der Waals surface area (Å²) in [5.74, 6) is 0. The first-order chi connectivity index (χ1) is 8.20. The van der Waals surface area contributed by atoms with E-state index in [2.05, 4.69) is 9.64 Å². The molecule has 0 aromatic rings. The van der Waals surface area contributed by atoms with Gasteiger partial charge in [0.05, 0.1) is 5.60 Å². The summed E-state index contributed by atoms with van der Waals surface area (Å²) < 4.78 is 40.1. The van der Waals surface area contributed by atoms with E-state index in [4.69, 9.17) is 0 Å². The van der Waals surface area contributed by atoms with E-state index in [1.54, 1.807) is 13.8 Å². The first-order valence-corrected chi connectivity index (χ1v) is 6.31. The van der Waals surface area contributed by atoms with Crippen molar-refractivity contribution in [1.29, 1.82) is 0 Å². The van der Waals surface area contributed by atoms with Gasteiger partial charge in [0.25, 0.3) is 0 Å². The van der Waals surface area contributed by atoms with E-state index in [-0.39, 0.29) is 12.6 Å². The minimum absolute atomic E-state index is 0.0973. The molecule has 0 saturated carbocycles. The molecule has 108 valence electrons. The van der Waals surface area contributed by atoms with Crippen LogP contribution in [0.2, 0.25) is 0 Å². The lowest BCUT2D eigenvalue weighted by molar-refractivity contribution is -0.174. The Bertz CT molecular complexity index is 251. The molecule has 0 radical (unpaired) electrons. The fourth-order valence-electron chi connectivity index (χ4n) is 2.45. The third-order valence-corrected chi connectivity index (χ3v) is 3.18. The highest BCUT2D eigenvalue weighted by Gasteiger charge is 2.35. The zero-order valence-electron chi connectivity index (χ0n) is 11.0. The minimum atomic E-state index is -4.25. The second-order valence-electron chi connectivity index (χ2n) is 5.37. The predicted molar refractivity (Wildman–Crippen MR) is 62.4 cm³/mol. The SMILES string of the molecule is CC(C)(O)C1CCCN1CCCOCC(F)(F)F. The Morgan fingerprint density at radius 1 is 1.33 bits per heavy atom. The summed E-state index contributed by atoms with van der Waals surface area (Å²) in [4.78, 5) is 2.14. The van der Waals surface area contributed by atoms with Gasteiger partial charge in [-0.15, -0.1) is 0 Å². The molecular formula is C12H22F3NO2. The third kappa shape index (κ3) is 5.54. The Kier molecular flexibility index (Phi) is 5.43. The van der Waals surface area contributed by atoms with Crippen molar-refractivity contribution in [2.24, 2.45) is 0 Å². The highest BCUT2D eigenvalue weighted by Crippen LogP contribution is 2.26. The monoisotopic (exact) mass is 269 g/mol. The van der Waals surface area contributed by atoms with Gasteiger partial charge in [-0.05, 0) is 39.7 Å². The zero-order chi connectivity index (χ0) is 13.8. The Labute approximate surface area is 106 Å². The van der Waals surface area contributed by atoms with Gasteiger partial charge >= 0.3 is 6.18 Å². The molecule has 1 aliphatic heterocycles. The Hall–Kier alpha value is -0.330. The molecule has 0 spiro atoms. The number of ether oxygens (including phenoxy) is 1. The van der Waals surface area contributed by atoms with Gasteiger partial charge in [-0.25, -0.2) is 0 Å². The van der Waals surface area contributed by atoms with Crippen LogP contribution in [0.25, 0.3) is 0 Å². The van der Waals surface area contributed by atoms with Crippen LogP contribution < -0.4 is 0 Å². The van der Waals surface area contributed by atoms with Gasteiger partial charge in [0.1, 0.15) is 6.61 Å². The molecule has 1 aliphatic rings. The number of nitrogens with zero attached hydrogens (tertiary/aromatic N) is 1. The fourth-order valence-corrected chi connectivity index (χ4v) is 2.45. The van der Waals surface area contributed by atoms with Gasteiger partial charge in [-0.2, -0.15) is 13.2 Å². The van der Waals surface area contributed by atoms with Gasteiger partial charge in [0.2, 0.25) is 0 Å². The van der Waals surface area contributed by atoms with Crippen molar-refractivity contribution in [3.63, 3.8) is 0 Å². The van der Waals surface area contributed by atoms with Crippen LogP contribution in [0.4, 0.5) is 13.2 Å². The highest BCUT2D eigenvalue weighted by molar-refractivity contribution is 4.90. The number of likely N-dealkylation sites (tertiary alicyclic amines) is 1. The molecule has 1 heterocycles. The van der Waals surface area contributed by atoms with Gasteiger partial charge < -0.3 is 9.84 Å². The second-order valence-corrected chi connectivity index (χ2v) is 5.37. The first kappa shape index (κ1) is 15.7. The number of alkyl halides is 3. The maximum absolute atomic E-state index is 11.8. The van der Waals surface area contributed by atoms with Crippen molar-refractivity contribution >= 4 is 0 Å². The molecule has 0 bridgehead atoms. The summed E-state index contributed by atoms with van der Waals surface area (Å²) in [5.41, 5.74) is -0.761. The maximum atomic E-state index is 11.8. The third-order valence-electron chi connectivity index (χ3n) is 3.18. The van der Waals surface area contributed by atoms with Crippen molar-refractivity contribution in [1.82, 2.24) is 4.90 Å². The predicted octanol–water partition coefficient (Wildman–Crippen LogP) is 2.19. The number of halogens is 3. The van der Waals surface area contributed by atoms with Gasteiger partial charge in [-0.1, -0.05) is 0 Å². The van der Waals surface area contributed by atoms with Crippen LogP contribution in [0.3, 0.4) is 0 Å². The summed E-state index contributed by atoms with van der Waals surface area (Å²) in [5, 5.41) is 9.98. The molecule has 1 unspecified atom stereocenters. The van der Waals surface area contributed by atoms with Crippen molar-refractivity contribution < 1.29 is 23.0 Å². The van der Waals surface area contributed by atoms with E-state index in [1.807, 2.05) is 0 Å². The zero-order valence-corrected chi connectivity index (χ0v) is 11.0. The van der Waals surface area contributed by atoms with E-state index in [0.717, 1.165) is 19.4 Å². The fraction of sp³-hybridized carbons (Fsp3) is 1.00. The molecular weight excluding hydrogens is 247 g/mol. The van der Waals surface area contributed by atoms with Gasteiger partial charge in [0.15, 0.2) is 0 Å². The van der Waals surface area contributed by atoms with Crippen LogP contribution in [-0.2, 0) is 4.74 Å². The molecule has 0 aromatic heterocycles. The lowest BCUT2D eigenvalue weighted by atomic mass is 9.96. The van der Waals surface area contributed by atoms with Crippen LogP contribution in [0.1, 0.15) is 33.1 Å². The highest BCUT2D eigenvalue weighted by atomic mass is 19.4. The summed E-state index contributed by atoms with van der Waals surface area (Å²) in [7, 11) is 0. The van der Waals surface area contributed by atoms with Crippen molar-refractivity contribution in [2.45, 2.75) is 50.9 Å². The molecule has 0 aliphatic carbocycles. The van der Waals surface area contributed by atoms with Gasteiger partial charge in [0, 0.05) is 19.2 Å². The number of aliphatic hydroxyl groups is 1. The maximum Gasteiger partial charge on any atom is 0.411 e. The molecule has 0 amide bonds. The average molecular weight is 269 g/mol. The molecule has 1 saturated heterocycles. The number of hydrogen-bond donors (Lipinski definition) is 1. The smallest absolute Gasteiger partial charge is 0.389 e. The van der Waals surface area contributed by atoms with Crippen molar-refractivity contribution in [3.05, 3.63) is 0 Å². The van der Waals surface area contributed by atoms with Crippen molar-refractivity contribution in [2.75, 3.05) is 26.3 Å². The van der Waals surface area contributed by atoms with Crippen LogP contribution >= 0.6 is 0 Å². The lowest BCUT2D eigenvalue weighted by Crippen LogP contribution is -2.46. The second kappa shape index (κ2) is 6.21. The van der Waals surface area contributed by atoms with Crippen LogP contribution in [0, 0.1) is 0 Å². The molecule has 0 aromatic carbocycles. The van der Waals surface area contributed by atoms with Gasteiger partial charge in [-0.3, -0.25) is 4.90 Å². The van der Waals surface area contributed by atoms with E-state index < -0.39 is 18.4 Å². The summed E-state index contributed by atoms with van der Waals surface area (Å²) >= 11 is 0. The van der Waals surface area contributed by atoms with Crippen LogP contribution in [0.15, 0.2) is 0 Å². The molecule has 1 fully saturated rings. The minimum Gasteiger partial charge on any atom is -0.389 e. The summed E-state index contributed by atoms with van der Waals surface area (Å²) in [6, 6.07) is 0.0973.